The fraction of sp³-hybridized carbons (Fsp3) is 0.429. The van der Waals surface area contributed by atoms with Gasteiger partial charge in [0.2, 0.25) is 0 Å². The Labute approximate surface area is 122 Å². The first-order chi connectivity index (χ1) is 9.58. The monoisotopic (exact) mass is 297 g/mol. The summed E-state index contributed by atoms with van der Waals surface area (Å²) in [5, 5.41) is 15.2. The standard InChI is InChI=1S/C14H17ClFN3O/c1-3-11-14(15)12(19(4-2)18-11)7-13(20)9-5-6-17-8-10(9)16/h5-6,8,13,20H,3-4,7H2,1-2H3. The second kappa shape index (κ2) is 6.33. The molecule has 0 aromatic carbocycles. The number of aliphatic hydroxyl groups is 1. The van der Waals surface area contributed by atoms with Crippen molar-refractivity contribution in [3.8, 4) is 0 Å². The van der Waals surface area contributed by atoms with Gasteiger partial charge in [0.25, 0.3) is 0 Å². The van der Waals surface area contributed by atoms with Crippen LogP contribution in [-0.4, -0.2) is 19.9 Å². The second-order valence-corrected chi connectivity index (χ2v) is 4.87. The Morgan fingerprint density at radius 3 is 2.80 bits per heavy atom. The summed E-state index contributed by atoms with van der Waals surface area (Å²) in [6, 6.07) is 1.47. The predicted octanol–water partition coefficient (Wildman–Crippen LogP) is 2.93. The van der Waals surface area contributed by atoms with E-state index in [2.05, 4.69) is 10.1 Å². The lowest BCUT2D eigenvalue weighted by Gasteiger charge is -2.13. The molecule has 0 saturated heterocycles. The van der Waals surface area contributed by atoms with Gasteiger partial charge in [0.05, 0.1) is 28.7 Å². The van der Waals surface area contributed by atoms with Crippen molar-refractivity contribution >= 4 is 11.6 Å². The maximum absolute atomic E-state index is 13.6. The van der Waals surface area contributed by atoms with E-state index >= 15 is 0 Å². The molecule has 6 heteroatoms. The number of aryl methyl sites for hydroxylation is 2. The van der Waals surface area contributed by atoms with E-state index in [1.54, 1.807) is 4.68 Å². The van der Waals surface area contributed by atoms with Crippen LogP contribution < -0.4 is 0 Å². The van der Waals surface area contributed by atoms with Gasteiger partial charge in [-0.25, -0.2) is 4.39 Å². The molecule has 20 heavy (non-hydrogen) atoms. The first-order valence-corrected chi connectivity index (χ1v) is 6.97. The molecule has 0 amide bonds. The highest BCUT2D eigenvalue weighted by Gasteiger charge is 2.20. The molecule has 0 aliphatic rings. The highest BCUT2D eigenvalue weighted by atomic mass is 35.5. The maximum atomic E-state index is 13.6. The lowest BCUT2D eigenvalue weighted by atomic mass is 10.1. The molecular weight excluding hydrogens is 281 g/mol. The molecule has 2 aromatic heterocycles. The van der Waals surface area contributed by atoms with Crippen LogP contribution in [0.1, 0.15) is 36.9 Å². The molecule has 0 aliphatic heterocycles. The quantitative estimate of drug-likeness (QED) is 0.923. The van der Waals surface area contributed by atoms with E-state index in [-0.39, 0.29) is 12.0 Å². The number of rotatable bonds is 5. The zero-order valence-electron chi connectivity index (χ0n) is 11.5. The number of hydrogen-bond donors (Lipinski definition) is 1. The summed E-state index contributed by atoms with van der Waals surface area (Å²) in [4.78, 5) is 3.67. The molecule has 0 saturated carbocycles. The summed E-state index contributed by atoms with van der Waals surface area (Å²) in [5.74, 6) is -0.519. The third-order valence-corrected chi connectivity index (χ3v) is 3.68. The zero-order valence-corrected chi connectivity index (χ0v) is 12.2. The SMILES string of the molecule is CCc1nn(CC)c(CC(O)c2ccncc2F)c1Cl. The van der Waals surface area contributed by atoms with E-state index in [4.69, 9.17) is 11.6 Å². The Morgan fingerprint density at radius 2 is 2.20 bits per heavy atom. The van der Waals surface area contributed by atoms with Gasteiger partial charge in [-0.2, -0.15) is 5.10 Å². The van der Waals surface area contributed by atoms with Crippen molar-refractivity contribution in [2.24, 2.45) is 0 Å². The van der Waals surface area contributed by atoms with E-state index in [0.29, 0.717) is 11.6 Å². The van der Waals surface area contributed by atoms with Crippen LogP contribution in [0.25, 0.3) is 0 Å². The van der Waals surface area contributed by atoms with Gasteiger partial charge in [0.1, 0.15) is 5.82 Å². The molecule has 0 fully saturated rings. The molecule has 4 nitrogen and oxygen atoms in total. The summed E-state index contributed by atoms with van der Waals surface area (Å²) in [7, 11) is 0. The molecule has 0 radical (unpaired) electrons. The van der Waals surface area contributed by atoms with Gasteiger partial charge in [-0.05, 0) is 19.4 Å². The number of nitrogens with zero attached hydrogens (tertiary/aromatic N) is 3. The van der Waals surface area contributed by atoms with Crippen molar-refractivity contribution in [3.05, 3.63) is 46.3 Å². The van der Waals surface area contributed by atoms with Crippen LogP contribution in [0, 0.1) is 5.82 Å². The summed E-state index contributed by atoms with van der Waals surface area (Å²) in [6.45, 7) is 4.57. The smallest absolute Gasteiger partial charge is 0.147 e. The second-order valence-electron chi connectivity index (χ2n) is 4.49. The third kappa shape index (κ3) is 2.83. The molecule has 1 unspecified atom stereocenters. The van der Waals surface area contributed by atoms with Crippen LogP contribution >= 0.6 is 11.6 Å². The number of aromatic nitrogens is 3. The molecule has 0 bridgehead atoms. The Balaban J connectivity index is 2.30. The normalized spacial score (nSPS) is 12.7. The summed E-state index contributed by atoms with van der Waals surface area (Å²) < 4.78 is 15.4. The van der Waals surface area contributed by atoms with Crippen LogP contribution in [0.2, 0.25) is 5.02 Å². The minimum Gasteiger partial charge on any atom is -0.388 e. The van der Waals surface area contributed by atoms with E-state index in [0.717, 1.165) is 24.0 Å². The summed E-state index contributed by atoms with van der Waals surface area (Å²) in [6.07, 6.45) is 2.52. The summed E-state index contributed by atoms with van der Waals surface area (Å²) >= 11 is 6.28. The van der Waals surface area contributed by atoms with E-state index in [1.807, 2.05) is 13.8 Å². The molecule has 2 aromatic rings. The topological polar surface area (TPSA) is 50.9 Å². The van der Waals surface area contributed by atoms with Crippen LogP contribution in [-0.2, 0) is 19.4 Å². The van der Waals surface area contributed by atoms with Crippen molar-refractivity contribution in [2.75, 3.05) is 0 Å². The fourth-order valence-electron chi connectivity index (χ4n) is 2.16. The van der Waals surface area contributed by atoms with Gasteiger partial charge < -0.3 is 5.11 Å². The lowest BCUT2D eigenvalue weighted by molar-refractivity contribution is 0.170. The number of halogens is 2. The number of pyridine rings is 1. The van der Waals surface area contributed by atoms with E-state index in [9.17, 15) is 9.50 Å². The van der Waals surface area contributed by atoms with E-state index in [1.165, 1.54) is 12.3 Å². The predicted molar refractivity (Wildman–Crippen MR) is 75.1 cm³/mol. The van der Waals surface area contributed by atoms with Crippen LogP contribution in [0.3, 0.4) is 0 Å². The van der Waals surface area contributed by atoms with Gasteiger partial charge in [-0.15, -0.1) is 0 Å². The molecule has 1 atom stereocenters. The zero-order chi connectivity index (χ0) is 14.7. The average Bonchev–Trinajstić information content (AvgIpc) is 2.75. The first kappa shape index (κ1) is 14.9. The van der Waals surface area contributed by atoms with Crippen LogP contribution in [0.4, 0.5) is 4.39 Å². The fourth-order valence-corrected chi connectivity index (χ4v) is 2.51. The van der Waals surface area contributed by atoms with Gasteiger partial charge in [0.15, 0.2) is 0 Å². The van der Waals surface area contributed by atoms with Crippen molar-refractivity contribution < 1.29 is 9.50 Å². The Bertz CT molecular complexity index is 600. The van der Waals surface area contributed by atoms with Crippen molar-refractivity contribution in [3.63, 3.8) is 0 Å². The minimum absolute atomic E-state index is 0.220. The average molecular weight is 298 g/mol. The molecule has 0 aliphatic carbocycles. The third-order valence-electron chi connectivity index (χ3n) is 3.24. The molecular formula is C14H17ClFN3O. The lowest BCUT2D eigenvalue weighted by Crippen LogP contribution is -2.10. The van der Waals surface area contributed by atoms with Crippen LogP contribution in [0.5, 0.6) is 0 Å². The first-order valence-electron chi connectivity index (χ1n) is 6.59. The van der Waals surface area contributed by atoms with Crippen molar-refractivity contribution in [1.82, 2.24) is 14.8 Å². The highest BCUT2D eigenvalue weighted by molar-refractivity contribution is 6.31. The molecule has 2 heterocycles. The van der Waals surface area contributed by atoms with Gasteiger partial charge >= 0.3 is 0 Å². The van der Waals surface area contributed by atoms with E-state index < -0.39 is 11.9 Å². The van der Waals surface area contributed by atoms with Crippen molar-refractivity contribution in [1.29, 1.82) is 0 Å². The Kier molecular flexibility index (Phi) is 4.73. The van der Waals surface area contributed by atoms with Crippen molar-refractivity contribution in [2.45, 2.75) is 39.3 Å². The summed E-state index contributed by atoms with van der Waals surface area (Å²) in [5.41, 5.74) is 1.75. The minimum atomic E-state index is -0.970. The Hall–Kier alpha value is -1.46. The van der Waals surface area contributed by atoms with Crippen LogP contribution in [0.15, 0.2) is 18.5 Å². The van der Waals surface area contributed by atoms with Gasteiger partial charge in [-0.1, -0.05) is 18.5 Å². The Morgan fingerprint density at radius 1 is 1.45 bits per heavy atom. The molecule has 1 N–H and O–H groups in total. The highest BCUT2D eigenvalue weighted by Crippen LogP contribution is 2.27. The number of hydrogen-bond acceptors (Lipinski definition) is 3. The molecule has 2 rings (SSSR count). The molecule has 0 spiro atoms. The molecule has 108 valence electrons. The number of aliphatic hydroxyl groups excluding tert-OH is 1. The van der Waals surface area contributed by atoms with Gasteiger partial charge in [0, 0.05) is 24.7 Å². The maximum Gasteiger partial charge on any atom is 0.147 e. The van der Waals surface area contributed by atoms with Gasteiger partial charge in [-0.3, -0.25) is 9.67 Å². The largest absolute Gasteiger partial charge is 0.388 e.